The standard InChI is InChI=1S/C36H41N3O4/c1-35(2,3)43-34(42)36(19-20-36)22-25-9-8-12-28(21-25)37-32(40)31(26-10-4-5-11-26)27-17-15-24(16-18-27)23-39-33(41)29-13-6-7-14-30(29)38-39/h6-9,12-18,21,26,31,38H,4-5,10-11,19-20,22-23H2,1-3H3,(H,37,40). The van der Waals surface area contributed by atoms with Crippen LogP contribution in [0.5, 0.6) is 0 Å². The largest absolute Gasteiger partial charge is 0.460 e. The molecule has 4 aromatic rings. The normalized spacial score (nSPS) is 17.1. The summed E-state index contributed by atoms with van der Waals surface area (Å²) in [5, 5.41) is 7.07. The van der Waals surface area contributed by atoms with Gasteiger partial charge in [-0.15, -0.1) is 0 Å². The van der Waals surface area contributed by atoms with Gasteiger partial charge in [0, 0.05) is 5.69 Å². The van der Waals surface area contributed by atoms with Crippen LogP contribution in [0.3, 0.4) is 0 Å². The van der Waals surface area contributed by atoms with Gasteiger partial charge >= 0.3 is 5.97 Å². The molecule has 43 heavy (non-hydrogen) atoms. The number of carbonyl (C=O) groups is 2. The molecule has 0 radical (unpaired) electrons. The van der Waals surface area contributed by atoms with Crippen molar-refractivity contribution in [2.24, 2.45) is 11.3 Å². The first-order chi connectivity index (χ1) is 20.6. The van der Waals surface area contributed by atoms with E-state index in [4.69, 9.17) is 4.74 Å². The molecule has 2 N–H and O–H groups in total. The van der Waals surface area contributed by atoms with Crippen LogP contribution >= 0.6 is 0 Å². The van der Waals surface area contributed by atoms with Gasteiger partial charge in [-0.3, -0.25) is 19.5 Å². The summed E-state index contributed by atoms with van der Waals surface area (Å²) in [6.45, 7) is 6.13. The van der Waals surface area contributed by atoms with Crippen molar-refractivity contribution < 1.29 is 14.3 Å². The number of para-hydroxylation sites is 1. The monoisotopic (exact) mass is 579 g/mol. The number of hydrogen-bond acceptors (Lipinski definition) is 4. The Morgan fingerprint density at radius 1 is 0.977 bits per heavy atom. The second kappa shape index (κ2) is 11.5. The zero-order chi connectivity index (χ0) is 30.2. The number of esters is 1. The highest BCUT2D eigenvalue weighted by Gasteiger charge is 2.52. The van der Waals surface area contributed by atoms with Crippen LogP contribution in [0.15, 0.2) is 77.6 Å². The molecule has 1 heterocycles. The van der Waals surface area contributed by atoms with E-state index in [2.05, 4.69) is 10.4 Å². The Bertz CT molecular complexity index is 1680. The number of ether oxygens (including phenoxy) is 1. The van der Waals surface area contributed by atoms with Crippen molar-refractivity contribution in [3.8, 4) is 0 Å². The number of rotatable bonds is 9. The first kappa shape index (κ1) is 29.0. The second-order valence-electron chi connectivity index (χ2n) is 13.5. The van der Waals surface area contributed by atoms with Gasteiger partial charge in [0.05, 0.1) is 28.8 Å². The second-order valence-corrected chi connectivity index (χ2v) is 13.5. The third-order valence-electron chi connectivity index (χ3n) is 8.91. The van der Waals surface area contributed by atoms with Crippen LogP contribution in [-0.2, 0) is 27.3 Å². The van der Waals surface area contributed by atoms with Gasteiger partial charge in [-0.2, -0.15) is 0 Å². The fourth-order valence-electron chi connectivity index (χ4n) is 6.52. The summed E-state index contributed by atoms with van der Waals surface area (Å²) in [6, 6.07) is 23.5. The van der Waals surface area contributed by atoms with Crippen molar-refractivity contribution >= 4 is 28.5 Å². The summed E-state index contributed by atoms with van der Waals surface area (Å²) in [7, 11) is 0. The quantitative estimate of drug-likeness (QED) is 0.210. The molecule has 224 valence electrons. The number of nitrogens with one attached hydrogen (secondary N) is 2. The lowest BCUT2D eigenvalue weighted by molar-refractivity contribution is -0.161. The van der Waals surface area contributed by atoms with E-state index >= 15 is 0 Å². The van der Waals surface area contributed by atoms with Crippen molar-refractivity contribution in [2.75, 3.05) is 5.32 Å². The van der Waals surface area contributed by atoms with E-state index in [-0.39, 0.29) is 29.3 Å². The highest BCUT2D eigenvalue weighted by molar-refractivity contribution is 5.96. The Morgan fingerprint density at radius 2 is 1.70 bits per heavy atom. The van der Waals surface area contributed by atoms with Gasteiger partial charge in [-0.25, -0.2) is 4.68 Å². The maximum Gasteiger partial charge on any atom is 0.312 e. The van der Waals surface area contributed by atoms with Crippen LogP contribution in [0.4, 0.5) is 5.69 Å². The summed E-state index contributed by atoms with van der Waals surface area (Å²) in [5.74, 6) is -0.106. The zero-order valence-corrected chi connectivity index (χ0v) is 25.3. The molecule has 2 fully saturated rings. The van der Waals surface area contributed by atoms with E-state index in [0.29, 0.717) is 18.4 Å². The average molecular weight is 580 g/mol. The van der Waals surface area contributed by atoms with Gasteiger partial charge < -0.3 is 10.1 Å². The van der Waals surface area contributed by atoms with Crippen LogP contribution in [0.25, 0.3) is 10.9 Å². The van der Waals surface area contributed by atoms with Gasteiger partial charge in [0.25, 0.3) is 5.56 Å². The molecule has 0 aliphatic heterocycles. The molecule has 0 saturated heterocycles. The number of nitrogens with zero attached hydrogens (tertiary/aromatic N) is 1. The van der Waals surface area contributed by atoms with Gasteiger partial charge in [-0.05, 0) is 99.7 Å². The molecule has 7 heteroatoms. The molecular weight excluding hydrogens is 538 g/mol. The Morgan fingerprint density at radius 3 is 2.37 bits per heavy atom. The molecule has 2 aliphatic rings. The predicted octanol–water partition coefficient (Wildman–Crippen LogP) is 6.95. The van der Waals surface area contributed by atoms with Crippen molar-refractivity contribution in [3.63, 3.8) is 0 Å². The zero-order valence-electron chi connectivity index (χ0n) is 25.3. The first-order valence-corrected chi connectivity index (χ1v) is 15.5. The van der Waals surface area contributed by atoms with E-state index in [1.807, 2.05) is 93.6 Å². The van der Waals surface area contributed by atoms with Crippen molar-refractivity contribution in [3.05, 3.63) is 99.8 Å². The molecule has 1 aromatic heterocycles. The van der Waals surface area contributed by atoms with Gasteiger partial charge in [0.15, 0.2) is 0 Å². The fraction of sp³-hybridized carbons (Fsp3) is 0.417. The number of carbonyl (C=O) groups excluding carboxylic acids is 2. The predicted molar refractivity (Wildman–Crippen MR) is 169 cm³/mol. The molecule has 6 rings (SSSR count). The summed E-state index contributed by atoms with van der Waals surface area (Å²) in [6.07, 6.45) is 6.60. The number of fused-ring (bicyclic) bond motifs is 1. The summed E-state index contributed by atoms with van der Waals surface area (Å²) in [4.78, 5) is 39.5. The molecule has 7 nitrogen and oxygen atoms in total. The Kier molecular flexibility index (Phi) is 7.75. The molecular formula is C36H41N3O4. The van der Waals surface area contributed by atoms with Crippen LogP contribution in [0.2, 0.25) is 0 Å². The van der Waals surface area contributed by atoms with E-state index in [1.54, 1.807) is 4.68 Å². The highest BCUT2D eigenvalue weighted by atomic mass is 16.6. The van der Waals surface area contributed by atoms with Gasteiger partial charge in [-0.1, -0.05) is 61.4 Å². The number of hydrogen-bond donors (Lipinski definition) is 2. The minimum Gasteiger partial charge on any atom is -0.460 e. The van der Waals surface area contributed by atoms with Gasteiger partial charge in [0.1, 0.15) is 5.60 Å². The van der Waals surface area contributed by atoms with E-state index in [1.165, 1.54) is 0 Å². The number of anilines is 1. The molecule has 2 saturated carbocycles. The Balaban J connectivity index is 1.17. The number of H-pyrrole nitrogens is 1. The Labute approximate surface area is 252 Å². The Hall–Kier alpha value is -4.13. The number of aromatic amines is 1. The molecule has 0 spiro atoms. The summed E-state index contributed by atoms with van der Waals surface area (Å²) in [5.41, 5.74) is 3.58. The lowest BCUT2D eigenvalue weighted by Crippen LogP contribution is -2.30. The van der Waals surface area contributed by atoms with Crippen LogP contribution in [0, 0.1) is 11.3 Å². The van der Waals surface area contributed by atoms with Crippen molar-refractivity contribution in [2.45, 2.75) is 83.8 Å². The maximum atomic E-state index is 13.9. The lowest BCUT2D eigenvalue weighted by atomic mass is 9.83. The van der Waals surface area contributed by atoms with Crippen LogP contribution in [-0.4, -0.2) is 27.3 Å². The first-order valence-electron chi connectivity index (χ1n) is 15.5. The molecule has 1 amide bonds. The fourth-order valence-corrected chi connectivity index (χ4v) is 6.52. The third kappa shape index (κ3) is 6.46. The number of amides is 1. The molecule has 3 aromatic carbocycles. The van der Waals surface area contributed by atoms with E-state index in [9.17, 15) is 14.4 Å². The van der Waals surface area contributed by atoms with Gasteiger partial charge in [0.2, 0.25) is 5.91 Å². The molecule has 1 atom stereocenters. The molecule has 2 aliphatic carbocycles. The van der Waals surface area contributed by atoms with E-state index < -0.39 is 11.0 Å². The highest BCUT2D eigenvalue weighted by Crippen LogP contribution is 2.50. The number of benzene rings is 3. The summed E-state index contributed by atoms with van der Waals surface area (Å²) >= 11 is 0. The molecule has 1 unspecified atom stereocenters. The number of aromatic nitrogens is 2. The topological polar surface area (TPSA) is 93.2 Å². The third-order valence-corrected chi connectivity index (χ3v) is 8.91. The van der Waals surface area contributed by atoms with Crippen LogP contribution < -0.4 is 10.9 Å². The van der Waals surface area contributed by atoms with E-state index in [0.717, 1.165) is 66.4 Å². The SMILES string of the molecule is CC(C)(C)OC(=O)C1(Cc2cccc(NC(=O)C(c3ccc(Cn4[nH]c5ccccc5c4=O)cc3)C3CCCC3)c2)CC1. The average Bonchev–Trinajstić information content (AvgIpc) is 3.42. The smallest absolute Gasteiger partial charge is 0.312 e. The molecule has 0 bridgehead atoms. The maximum absolute atomic E-state index is 13.9. The minimum absolute atomic E-state index is 0.00286. The lowest BCUT2D eigenvalue weighted by Gasteiger charge is -2.24. The van der Waals surface area contributed by atoms with Crippen molar-refractivity contribution in [1.82, 2.24) is 9.78 Å². The van der Waals surface area contributed by atoms with Crippen LogP contribution in [0.1, 0.15) is 81.9 Å². The van der Waals surface area contributed by atoms with Crippen molar-refractivity contribution in [1.29, 1.82) is 0 Å². The minimum atomic E-state index is -0.510. The summed E-state index contributed by atoms with van der Waals surface area (Å²) < 4.78 is 7.33.